The Balaban J connectivity index is 0. The van der Waals surface area contributed by atoms with E-state index in [0.717, 1.165) is 23.7 Å². The second-order valence-electron chi connectivity index (χ2n) is 8.33. The number of aromatic hydroxyl groups is 1. The number of aryl methyl sites for hydroxylation is 1. The average molecular weight is 460 g/mol. The Hall–Kier alpha value is -2.13. The van der Waals surface area contributed by atoms with Gasteiger partial charge >= 0.3 is 0 Å². The highest BCUT2D eigenvalue weighted by molar-refractivity contribution is 7.97. The number of nitrogen functional groups attached to an aromatic ring is 1. The van der Waals surface area contributed by atoms with Crippen LogP contribution in [0.15, 0.2) is 53.4 Å². The smallest absolute Gasteiger partial charge is 0.115 e. The van der Waals surface area contributed by atoms with E-state index in [2.05, 4.69) is 70.9 Å². The number of terminal acetylenes is 1. The minimum absolute atomic E-state index is 0.313. The van der Waals surface area contributed by atoms with Crippen molar-refractivity contribution in [2.75, 3.05) is 25.9 Å². The van der Waals surface area contributed by atoms with Crippen LogP contribution in [0.1, 0.15) is 53.5 Å². The van der Waals surface area contributed by atoms with Crippen LogP contribution < -0.4 is 5.73 Å². The lowest BCUT2D eigenvalue weighted by Crippen LogP contribution is -2.40. The van der Waals surface area contributed by atoms with Gasteiger partial charge in [-0.05, 0) is 67.1 Å². The molecule has 0 heterocycles. The molecule has 0 spiro atoms. The van der Waals surface area contributed by atoms with Crippen LogP contribution >= 0.6 is 11.9 Å². The fraction of sp³-hybridized carbons (Fsp3) is 0.481. The summed E-state index contributed by atoms with van der Waals surface area (Å²) >= 11 is 1.69. The number of benzene rings is 2. The van der Waals surface area contributed by atoms with E-state index in [4.69, 9.17) is 5.73 Å². The lowest BCUT2D eigenvalue weighted by Gasteiger charge is -2.33. The molecule has 0 atom stereocenters. The monoisotopic (exact) mass is 459 g/mol. The van der Waals surface area contributed by atoms with Crippen molar-refractivity contribution in [3.8, 4) is 18.6 Å². The fourth-order valence-electron chi connectivity index (χ4n) is 2.43. The number of phenols is 1. The van der Waals surface area contributed by atoms with Crippen molar-refractivity contribution in [3.05, 3.63) is 54.1 Å². The number of hydrogen-bond acceptors (Lipinski definition) is 5. The van der Waals surface area contributed by atoms with Crippen LogP contribution in [0, 0.1) is 31.6 Å². The molecule has 0 radical (unpaired) electrons. The molecule has 0 amide bonds. The van der Waals surface area contributed by atoms with Crippen LogP contribution in [-0.4, -0.2) is 34.7 Å². The predicted octanol–water partition coefficient (Wildman–Crippen LogP) is 7.10. The van der Waals surface area contributed by atoms with Gasteiger partial charge in [-0.15, -0.1) is 12.8 Å². The number of nitrogens with zero attached hydrogens (tertiary/aromatic N) is 2. The zero-order chi connectivity index (χ0) is 25.1. The van der Waals surface area contributed by atoms with E-state index in [1.807, 2.05) is 43.3 Å². The average Bonchev–Trinajstić information content (AvgIpc) is 2.73. The molecule has 32 heavy (non-hydrogen) atoms. The van der Waals surface area contributed by atoms with Gasteiger partial charge in [0.1, 0.15) is 5.75 Å². The maximum atomic E-state index is 9.30. The van der Waals surface area contributed by atoms with Gasteiger partial charge in [0.15, 0.2) is 0 Å². The van der Waals surface area contributed by atoms with E-state index in [1.54, 1.807) is 24.1 Å². The van der Waals surface area contributed by atoms with Gasteiger partial charge in [-0.3, -0.25) is 0 Å². The molecule has 2 rings (SSSR count). The van der Waals surface area contributed by atoms with Crippen molar-refractivity contribution < 1.29 is 5.11 Å². The first-order valence-electron chi connectivity index (χ1n) is 11.2. The Bertz CT molecular complexity index is 666. The summed E-state index contributed by atoms with van der Waals surface area (Å²) in [7, 11) is 2.10. The topological polar surface area (TPSA) is 52.7 Å². The summed E-state index contributed by atoms with van der Waals surface area (Å²) in [6.07, 6.45) is 9.25. The quantitative estimate of drug-likeness (QED) is 0.200. The molecule has 0 aliphatic rings. The second-order valence-corrected chi connectivity index (χ2v) is 9.51. The van der Waals surface area contributed by atoms with Gasteiger partial charge in [0.05, 0.1) is 0 Å². The van der Waals surface area contributed by atoms with Crippen molar-refractivity contribution in [1.29, 1.82) is 0 Å². The first kappa shape index (κ1) is 32.1. The molecule has 4 nitrogen and oxygen atoms in total. The van der Waals surface area contributed by atoms with Crippen LogP contribution in [0.4, 0.5) is 5.69 Å². The summed E-state index contributed by atoms with van der Waals surface area (Å²) in [6.45, 7) is 17.4. The highest BCUT2D eigenvalue weighted by atomic mass is 32.2. The fourth-order valence-corrected chi connectivity index (χ4v) is 3.24. The normalized spacial score (nSPS) is 10.1. The van der Waals surface area contributed by atoms with E-state index in [0.29, 0.717) is 17.6 Å². The largest absolute Gasteiger partial charge is 0.508 e. The molecular weight excluding hydrogens is 414 g/mol. The van der Waals surface area contributed by atoms with Crippen LogP contribution in [0.5, 0.6) is 5.75 Å². The van der Waals surface area contributed by atoms with Crippen molar-refractivity contribution in [2.45, 2.75) is 59.8 Å². The third-order valence-electron chi connectivity index (χ3n) is 3.70. The van der Waals surface area contributed by atoms with Gasteiger partial charge in [-0.2, -0.15) is 4.41 Å². The zero-order valence-electron chi connectivity index (χ0n) is 21.4. The highest BCUT2D eigenvalue weighted by Gasteiger charge is 2.15. The van der Waals surface area contributed by atoms with Crippen molar-refractivity contribution in [3.63, 3.8) is 0 Å². The lowest BCUT2D eigenvalue weighted by molar-refractivity contribution is 0.0666. The molecule has 180 valence electrons. The molecule has 0 aliphatic heterocycles. The predicted molar refractivity (Wildman–Crippen MR) is 144 cm³/mol. The zero-order valence-corrected chi connectivity index (χ0v) is 22.2. The molecular formula is C27H45N3OS. The van der Waals surface area contributed by atoms with E-state index in [9.17, 15) is 5.11 Å². The minimum Gasteiger partial charge on any atom is -0.508 e. The van der Waals surface area contributed by atoms with E-state index in [1.165, 1.54) is 12.0 Å². The first-order valence-corrected chi connectivity index (χ1v) is 12.0. The molecule has 2 aromatic rings. The van der Waals surface area contributed by atoms with E-state index < -0.39 is 0 Å². The summed E-state index contributed by atoms with van der Waals surface area (Å²) in [6, 6.07) is 15.1. The van der Waals surface area contributed by atoms with Gasteiger partial charge < -0.3 is 10.8 Å². The van der Waals surface area contributed by atoms with Crippen LogP contribution in [0.25, 0.3) is 0 Å². The number of anilines is 1. The summed E-state index contributed by atoms with van der Waals surface area (Å²) in [5, 5.41) is 11.7. The van der Waals surface area contributed by atoms with Crippen molar-refractivity contribution in [1.82, 2.24) is 9.42 Å². The molecule has 0 fully saturated rings. The molecule has 2 aromatic carbocycles. The van der Waals surface area contributed by atoms with E-state index in [-0.39, 0.29) is 0 Å². The highest BCUT2D eigenvalue weighted by Crippen LogP contribution is 2.25. The SMILES string of the molecule is C#C.CC(C)CN(CC(C)C)N(C)Sc1ccc(O)cc1.CCC.Cc1ccc(N)cc1. The number of rotatable bonds is 7. The summed E-state index contributed by atoms with van der Waals surface area (Å²) in [5.74, 6) is 1.59. The Labute approximate surface area is 202 Å². The van der Waals surface area contributed by atoms with Gasteiger partial charge in [-0.25, -0.2) is 5.01 Å². The van der Waals surface area contributed by atoms with Crippen LogP contribution in [0.3, 0.4) is 0 Å². The standard InChI is InChI=1S/C15H26N2OS.C7H9N.C3H8.C2H2/c1-12(2)10-17(11-13(3)4)16(5)19-15-8-6-14(18)7-9-15;1-6-2-4-7(8)5-3-6;1-3-2;1-2/h6-9,12-13,18H,10-11H2,1-5H3;2-5H,8H2,1H3;3H2,1-2H3;1-2H. The van der Waals surface area contributed by atoms with Gasteiger partial charge in [-0.1, -0.05) is 65.7 Å². The Morgan fingerprint density at radius 1 is 0.875 bits per heavy atom. The molecule has 0 aromatic heterocycles. The summed E-state index contributed by atoms with van der Waals surface area (Å²) in [4.78, 5) is 1.14. The Morgan fingerprint density at radius 2 is 1.28 bits per heavy atom. The summed E-state index contributed by atoms with van der Waals surface area (Å²) in [5.41, 5.74) is 7.51. The van der Waals surface area contributed by atoms with Crippen LogP contribution in [0.2, 0.25) is 0 Å². The van der Waals surface area contributed by atoms with Gasteiger partial charge in [0.2, 0.25) is 0 Å². The molecule has 0 saturated heterocycles. The molecule has 3 N–H and O–H groups in total. The maximum absolute atomic E-state index is 9.30. The minimum atomic E-state index is 0.313. The molecule has 0 saturated carbocycles. The molecule has 0 bridgehead atoms. The van der Waals surface area contributed by atoms with E-state index >= 15 is 0 Å². The lowest BCUT2D eigenvalue weighted by atomic mass is 10.2. The van der Waals surface area contributed by atoms with Gasteiger partial charge in [0.25, 0.3) is 0 Å². The maximum Gasteiger partial charge on any atom is 0.115 e. The Kier molecular flexibility index (Phi) is 19.6. The molecule has 0 unspecified atom stereocenters. The van der Waals surface area contributed by atoms with Crippen LogP contribution in [-0.2, 0) is 0 Å². The number of phenolic OH excluding ortho intramolecular Hbond substituents is 1. The Morgan fingerprint density at radius 3 is 1.62 bits per heavy atom. The van der Waals surface area contributed by atoms with Crippen molar-refractivity contribution >= 4 is 17.6 Å². The first-order chi connectivity index (χ1) is 15.1. The summed E-state index contributed by atoms with van der Waals surface area (Å²) < 4.78 is 2.20. The third-order valence-corrected chi connectivity index (χ3v) is 4.68. The number of hydrazine groups is 1. The number of hydrogen-bond donors (Lipinski definition) is 2. The molecule has 0 aliphatic carbocycles. The van der Waals surface area contributed by atoms with Crippen molar-refractivity contribution in [2.24, 2.45) is 11.8 Å². The second kappa shape index (κ2) is 19.5. The number of nitrogens with two attached hydrogens (primary N) is 1. The third kappa shape index (κ3) is 17.5. The van der Waals surface area contributed by atoms with Gasteiger partial charge in [0, 0.05) is 30.7 Å². The molecule has 5 heteroatoms.